The summed E-state index contributed by atoms with van der Waals surface area (Å²) in [6.45, 7) is -0.190. The van der Waals surface area contributed by atoms with Gasteiger partial charge in [0.1, 0.15) is 5.75 Å². The van der Waals surface area contributed by atoms with Gasteiger partial charge in [0.05, 0.1) is 7.11 Å². The van der Waals surface area contributed by atoms with Gasteiger partial charge in [-0.3, -0.25) is 0 Å². The molecular weight excluding hydrogens is 533 g/mol. The highest BCUT2D eigenvalue weighted by Crippen LogP contribution is 2.35. The molecule has 2 fully saturated rings. The van der Waals surface area contributed by atoms with E-state index in [1.165, 1.54) is 0 Å². The minimum Gasteiger partial charge on any atom is -0.497 e. The van der Waals surface area contributed by atoms with Crippen molar-refractivity contribution in [1.82, 2.24) is 14.3 Å². The van der Waals surface area contributed by atoms with Gasteiger partial charge in [0, 0.05) is 70.2 Å². The second kappa shape index (κ2) is 10.8. The summed E-state index contributed by atoms with van der Waals surface area (Å²) in [6, 6.07) is 7.34. The van der Waals surface area contributed by atoms with Crippen LogP contribution in [0.5, 0.6) is 5.75 Å². The number of nitrogens with zero attached hydrogens (tertiary/aromatic N) is 4. The zero-order valence-electron chi connectivity index (χ0n) is 20.3. The van der Waals surface area contributed by atoms with Crippen LogP contribution in [0.2, 0.25) is 0 Å². The van der Waals surface area contributed by atoms with Crippen LogP contribution in [0.4, 0.5) is 19.1 Å². The number of sulfonamides is 1. The van der Waals surface area contributed by atoms with Gasteiger partial charge in [-0.1, -0.05) is 12.1 Å². The maximum absolute atomic E-state index is 13.5. The van der Waals surface area contributed by atoms with Gasteiger partial charge in [-0.2, -0.15) is 17.5 Å². The molecule has 0 saturated carbocycles. The van der Waals surface area contributed by atoms with E-state index in [0.29, 0.717) is 11.7 Å². The maximum Gasteiger partial charge on any atom is 0.491 e. The molecule has 0 spiro atoms. The van der Waals surface area contributed by atoms with Crippen molar-refractivity contribution in [3.05, 3.63) is 36.7 Å². The minimum absolute atomic E-state index is 0.0744. The SMILES string of the molecule is COc1ccc(-c2cnc(N3CCN(S(=O)(=O)C4(C(=O)OC(=O)C(F)(F)F)CCOCC4)CC3)nc2)cc1. The Hall–Kier alpha value is -3.30. The Bertz CT molecular complexity index is 1260. The lowest BCUT2D eigenvalue weighted by Gasteiger charge is -2.41. The lowest BCUT2D eigenvalue weighted by molar-refractivity contribution is -0.203. The molecule has 2 saturated heterocycles. The molecular formula is C23H25F3N4O7S. The van der Waals surface area contributed by atoms with E-state index in [2.05, 4.69) is 14.7 Å². The fraction of sp³-hybridized carbons (Fsp3) is 0.478. The highest BCUT2D eigenvalue weighted by atomic mass is 32.2. The zero-order chi connectivity index (χ0) is 27.6. The molecule has 2 aliphatic rings. The molecule has 0 aliphatic carbocycles. The molecule has 15 heteroatoms. The van der Waals surface area contributed by atoms with Crippen molar-refractivity contribution in [3.8, 4) is 16.9 Å². The highest BCUT2D eigenvalue weighted by Gasteiger charge is 2.58. The Kier molecular flexibility index (Phi) is 7.90. The molecule has 0 bridgehead atoms. The first-order chi connectivity index (χ1) is 18.0. The first-order valence-corrected chi connectivity index (χ1v) is 13.0. The quantitative estimate of drug-likeness (QED) is 0.382. The third-order valence-corrected chi connectivity index (χ3v) is 9.11. The molecule has 0 atom stereocenters. The van der Waals surface area contributed by atoms with Gasteiger partial charge >= 0.3 is 18.1 Å². The lowest BCUT2D eigenvalue weighted by Crippen LogP contribution is -2.61. The summed E-state index contributed by atoms with van der Waals surface area (Å²) in [4.78, 5) is 34.5. The zero-order valence-corrected chi connectivity index (χ0v) is 21.1. The molecule has 1 aromatic carbocycles. The number of benzene rings is 1. The summed E-state index contributed by atoms with van der Waals surface area (Å²) in [5.41, 5.74) is 1.65. The van der Waals surface area contributed by atoms with E-state index in [1.807, 2.05) is 24.3 Å². The predicted octanol–water partition coefficient (Wildman–Crippen LogP) is 1.79. The normalized spacial score (nSPS) is 18.6. The Labute approximate surface area is 216 Å². The van der Waals surface area contributed by atoms with Crippen LogP contribution in [-0.4, -0.2) is 92.1 Å². The topological polar surface area (TPSA) is 128 Å². The van der Waals surface area contributed by atoms with Crippen molar-refractivity contribution in [2.75, 3.05) is 51.4 Å². The summed E-state index contributed by atoms with van der Waals surface area (Å²) in [7, 11) is -2.94. The molecule has 4 rings (SSSR count). The minimum atomic E-state index is -5.44. The first kappa shape index (κ1) is 27.7. The second-order valence-corrected chi connectivity index (χ2v) is 10.9. The smallest absolute Gasteiger partial charge is 0.491 e. The van der Waals surface area contributed by atoms with Crippen LogP contribution in [0.25, 0.3) is 11.1 Å². The number of anilines is 1. The van der Waals surface area contributed by atoms with E-state index in [-0.39, 0.29) is 39.4 Å². The molecule has 1 aromatic heterocycles. The van der Waals surface area contributed by atoms with Crippen molar-refractivity contribution < 1.29 is 45.4 Å². The van der Waals surface area contributed by atoms with Crippen LogP contribution in [0, 0.1) is 0 Å². The predicted molar refractivity (Wildman–Crippen MR) is 127 cm³/mol. The number of alkyl halides is 3. The van der Waals surface area contributed by atoms with E-state index in [9.17, 15) is 31.2 Å². The van der Waals surface area contributed by atoms with Gasteiger partial charge in [-0.15, -0.1) is 0 Å². The van der Waals surface area contributed by atoms with E-state index in [1.54, 1.807) is 24.4 Å². The molecule has 38 heavy (non-hydrogen) atoms. The second-order valence-electron chi connectivity index (χ2n) is 8.67. The highest BCUT2D eigenvalue weighted by molar-refractivity contribution is 7.91. The van der Waals surface area contributed by atoms with Crippen molar-refractivity contribution >= 4 is 27.9 Å². The molecule has 206 valence electrons. The summed E-state index contributed by atoms with van der Waals surface area (Å²) in [5.74, 6) is -3.43. The molecule has 0 unspecified atom stereocenters. The molecule has 0 N–H and O–H groups in total. The number of carbonyl (C=O) groups excluding carboxylic acids is 2. The van der Waals surface area contributed by atoms with Crippen LogP contribution in [0.3, 0.4) is 0 Å². The van der Waals surface area contributed by atoms with Crippen molar-refractivity contribution in [3.63, 3.8) is 0 Å². The standard InChI is InChI=1S/C23H25F3N4O7S/c1-35-18-4-2-16(3-5-18)17-14-27-21(28-15-17)29-8-10-30(11-9-29)38(33,34)22(6-12-36-13-7-22)19(31)37-20(32)23(24,25)26/h2-5,14-15H,6-13H2,1H3. The van der Waals surface area contributed by atoms with E-state index < -0.39 is 45.7 Å². The monoisotopic (exact) mass is 558 g/mol. The number of ether oxygens (including phenoxy) is 3. The van der Waals surface area contributed by atoms with Gasteiger partial charge in [-0.05, 0) is 17.7 Å². The van der Waals surface area contributed by atoms with Gasteiger partial charge in [-0.25, -0.2) is 28.0 Å². The summed E-state index contributed by atoms with van der Waals surface area (Å²) < 4.78 is 78.0. The number of aromatic nitrogens is 2. The van der Waals surface area contributed by atoms with Crippen LogP contribution in [0.1, 0.15) is 12.8 Å². The molecule has 3 heterocycles. The van der Waals surface area contributed by atoms with Gasteiger partial charge < -0.3 is 19.1 Å². The van der Waals surface area contributed by atoms with Gasteiger partial charge in [0.15, 0.2) is 4.75 Å². The summed E-state index contributed by atoms with van der Waals surface area (Å²) in [6.07, 6.45) is -3.04. The fourth-order valence-electron chi connectivity index (χ4n) is 4.30. The largest absolute Gasteiger partial charge is 0.497 e. The number of hydrogen-bond donors (Lipinski definition) is 0. The number of rotatable bonds is 6. The summed E-state index contributed by atoms with van der Waals surface area (Å²) >= 11 is 0. The van der Waals surface area contributed by atoms with Crippen LogP contribution in [-0.2, 0) is 29.1 Å². The number of esters is 2. The van der Waals surface area contributed by atoms with Gasteiger partial charge in [0.25, 0.3) is 0 Å². The van der Waals surface area contributed by atoms with Crippen LogP contribution < -0.4 is 9.64 Å². The van der Waals surface area contributed by atoms with Crippen molar-refractivity contribution in [2.45, 2.75) is 23.8 Å². The molecule has 11 nitrogen and oxygen atoms in total. The Morgan fingerprint density at radius 2 is 1.55 bits per heavy atom. The maximum atomic E-state index is 13.5. The number of piperazine rings is 1. The number of halogens is 3. The Balaban J connectivity index is 1.45. The third kappa shape index (κ3) is 5.44. The average Bonchev–Trinajstić information content (AvgIpc) is 2.93. The molecule has 2 aliphatic heterocycles. The number of methoxy groups -OCH3 is 1. The van der Waals surface area contributed by atoms with E-state index in [4.69, 9.17) is 9.47 Å². The average molecular weight is 559 g/mol. The van der Waals surface area contributed by atoms with E-state index in [0.717, 1.165) is 15.4 Å². The van der Waals surface area contributed by atoms with E-state index >= 15 is 0 Å². The molecule has 2 aromatic rings. The Morgan fingerprint density at radius 1 is 0.974 bits per heavy atom. The number of carbonyl (C=O) groups is 2. The first-order valence-electron chi connectivity index (χ1n) is 11.6. The van der Waals surface area contributed by atoms with Crippen molar-refractivity contribution in [2.24, 2.45) is 0 Å². The third-order valence-electron chi connectivity index (χ3n) is 6.51. The number of hydrogen-bond acceptors (Lipinski definition) is 10. The summed E-state index contributed by atoms with van der Waals surface area (Å²) in [5, 5.41) is 0. The van der Waals surface area contributed by atoms with Crippen molar-refractivity contribution in [1.29, 1.82) is 0 Å². The Morgan fingerprint density at radius 3 is 2.08 bits per heavy atom. The van der Waals surface area contributed by atoms with Crippen LogP contribution >= 0.6 is 0 Å². The fourth-order valence-corrected chi connectivity index (χ4v) is 6.37. The molecule has 0 amide bonds. The van der Waals surface area contributed by atoms with Crippen LogP contribution in [0.15, 0.2) is 36.7 Å². The molecule has 0 radical (unpaired) electrons. The van der Waals surface area contributed by atoms with Gasteiger partial charge in [0.2, 0.25) is 16.0 Å². The lowest BCUT2D eigenvalue weighted by atomic mass is 9.99.